The zero-order valence-electron chi connectivity index (χ0n) is 55.7. The number of allylic oxidation sites excluding steroid dienone is 9. The number of esters is 1. The van der Waals surface area contributed by atoms with E-state index in [-0.39, 0.29) is 25.1 Å². The third-order valence-corrected chi connectivity index (χ3v) is 16.9. The molecule has 486 valence electrons. The third kappa shape index (κ3) is 64.0. The quantitative estimate of drug-likeness (QED) is 0.0205. The van der Waals surface area contributed by atoms with E-state index >= 15 is 0 Å². The van der Waals surface area contributed by atoms with Crippen molar-refractivity contribution in [3.63, 3.8) is 0 Å². The van der Waals surface area contributed by atoms with Crippen LogP contribution in [0.3, 0.4) is 0 Å². The van der Waals surface area contributed by atoms with Crippen LogP contribution in [0.15, 0.2) is 60.8 Å². The van der Waals surface area contributed by atoms with E-state index in [0.717, 1.165) is 70.6 Å². The van der Waals surface area contributed by atoms with E-state index in [1.165, 1.54) is 238 Å². The third-order valence-electron chi connectivity index (χ3n) is 15.9. The molecule has 0 aromatic carbocycles. The molecule has 0 aliphatic rings. The number of phosphoric ester groups is 1. The molecular formula is C73H138N2O7P+. The van der Waals surface area contributed by atoms with Crippen molar-refractivity contribution in [3.8, 4) is 0 Å². The smallest absolute Gasteiger partial charge is 0.456 e. The highest BCUT2D eigenvalue weighted by Gasteiger charge is 2.30. The lowest BCUT2D eigenvalue weighted by Crippen LogP contribution is -2.47. The lowest BCUT2D eigenvalue weighted by Gasteiger charge is -2.27. The van der Waals surface area contributed by atoms with E-state index < -0.39 is 20.0 Å². The number of nitrogens with one attached hydrogen (secondary N) is 1. The van der Waals surface area contributed by atoms with Crippen molar-refractivity contribution < 1.29 is 37.3 Å². The fourth-order valence-corrected chi connectivity index (χ4v) is 11.2. The van der Waals surface area contributed by atoms with Gasteiger partial charge in [-0.05, 0) is 96.0 Å². The molecule has 1 amide bonds. The summed E-state index contributed by atoms with van der Waals surface area (Å²) < 4.78 is 30.8. The van der Waals surface area contributed by atoms with Gasteiger partial charge in [0.2, 0.25) is 5.91 Å². The van der Waals surface area contributed by atoms with Crippen molar-refractivity contribution in [1.29, 1.82) is 0 Å². The van der Waals surface area contributed by atoms with Gasteiger partial charge in [-0.15, -0.1) is 0 Å². The molecule has 0 aliphatic carbocycles. The van der Waals surface area contributed by atoms with Crippen molar-refractivity contribution in [2.24, 2.45) is 0 Å². The number of carbonyl (C=O) groups excluding carboxylic acids is 2. The molecule has 0 fully saturated rings. The normalized spacial score (nSPS) is 13.9. The monoisotopic (exact) mass is 1190 g/mol. The summed E-state index contributed by atoms with van der Waals surface area (Å²) in [5.41, 5.74) is 0. The molecule has 83 heavy (non-hydrogen) atoms. The first-order valence-electron chi connectivity index (χ1n) is 35.6. The number of nitrogens with zero attached hydrogens (tertiary/aromatic N) is 1. The number of carbonyl (C=O) groups is 2. The maximum atomic E-state index is 13.6. The molecule has 0 aromatic heterocycles. The van der Waals surface area contributed by atoms with Crippen LogP contribution < -0.4 is 5.32 Å². The number of hydrogen-bond donors (Lipinski definition) is 2. The number of likely N-dealkylation sites (N-methyl/N-ethyl adjacent to an activating group) is 1. The Morgan fingerprint density at radius 2 is 0.735 bits per heavy atom. The molecule has 0 rings (SSSR count). The minimum atomic E-state index is -4.45. The first kappa shape index (κ1) is 80.7. The molecule has 0 radical (unpaired) electrons. The minimum Gasteiger partial charge on any atom is -0.456 e. The minimum absolute atomic E-state index is 0.0401. The van der Waals surface area contributed by atoms with Crippen LogP contribution in [-0.4, -0.2) is 74.3 Å². The first-order chi connectivity index (χ1) is 40.4. The number of ether oxygens (including phenoxy) is 1. The van der Waals surface area contributed by atoms with E-state index in [4.69, 9.17) is 13.8 Å². The van der Waals surface area contributed by atoms with Crippen LogP contribution in [0, 0.1) is 0 Å². The predicted octanol–water partition coefficient (Wildman–Crippen LogP) is 22.6. The molecule has 0 saturated heterocycles. The number of unbranched alkanes of at least 4 members (excludes halogenated alkanes) is 41. The van der Waals surface area contributed by atoms with Crippen molar-refractivity contribution in [2.45, 2.75) is 354 Å². The van der Waals surface area contributed by atoms with Gasteiger partial charge in [-0.1, -0.05) is 294 Å². The molecule has 3 atom stereocenters. The fourth-order valence-electron chi connectivity index (χ4n) is 10.4. The van der Waals surface area contributed by atoms with Crippen LogP contribution >= 0.6 is 7.82 Å². The second kappa shape index (κ2) is 62.8. The van der Waals surface area contributed by atoms with E-state index in [9.17, 15) is 19.0 Å². The van der Waals surface area contributed by atoms with Gasteiger partial charge in [-0.2, -0.15) is 0 Å². The lowest BCUT2D eigenvalue weighted by atomic mass is 10.0. The molecule has 0 heterocycles. The fraction of sp³-hybridized carbons (Fsp3) is 0.836. The highest BCUT2D eigenvalue weighted by Crippen LogP contribution is 2.43. The van der Waals surface area contributed by atoms with Crippen molar-refractivity contribution in [2.75, 3.05) is 40.9 Å². The van der Waals surface area contributed by atoms with E-state index in [1.807, 2.05) is 33.3 Å². The Morgan fingerprint density at radius 1 is 0.422 bits per heavy atom. The SMILES string of the molecule is CCCCC/C=C\C/C=C\C/C=C\CCCCCCCCCCCCCCCCC(=O)NC(COP(=O)(O)OCC[N+](C)(C)C)C(/C=C\CCCCCCCCCCC)OC(=O)CCCCCCCCCCC/C=C/CCCCCCCC. The Balaban J connectivity index is 4.98. The van der Waals surface area contributed by atoms with Crippen LogP contribution in [0.1, 0.15) is 342 Å². The maximum absolute atomic E-state index is 13.6. The average molecular weight is 1190 g/mol. The highest BCUT2D eigenvalue weighted by atomic mass is 31.2. The van der Waals surface area contributed by atoms with E-state index in [1.54, 1.807) is 0 Å². The molecule has 3 unspecified atom stereocenters. The Hall–Kier alpha value is -2.29. The standard InChI is InChI=1S/C73H137N2O7P/c1-7-10-13-16-19-22-25-27-29-31-33-34-35-36-37-38-39-40-42-43-45-47-50-53-56-59-62-65-72(76)74-70(69-81-83(78,79)80-68-67-75(4,5)6)71(64-61-58-55-52-49-24-21-18-15-12-9-3)82-73(77)66-63-60-57-54-51-48-46-44-41-32-30-28-26-23-20-17-14-11-8-2/h19,22,27-30,33-34,61,64,70-71H,7-18,20-21,23-26,31-32,35-60,62-63,65-69H2,1-6H3,(H-,74,76,78,79)/p+1/b22-19-,29-27-,30-28+,34-33-,64-61-. The van der Waals surface area contributed by atoms with Gasteiger partial charge in [-0.3, -0.25) is 18.6 Å². The van der Waals surface area contributed by atoms with Gasteiger partial charge in [0.15, 0.2) is 0 Å². The zero-order valence-corrected chi connectivity index (χ0v) is 56.6. The van der Waals surface area contributed by atoms with Crippen molar-refractivity contribution >= 4 is 19.7 Å². The summed E-state index contributed by atoms with van der Waals surface area (Å²) in [5.74, 6) is -0.496. The molecule has 2 N–H and O–H groups in total. The molecule has 10 heteroatoms. The number of quaternary nitrogens is 1. The van der Waals surface area contributed by atoms with Gasteiger partial charge in [0, 0.05) is 12.8 Å². The Morgan fingerprint density at radius 3 is 1.13 bits per heavy atom. The number of hydrogen-bond acceptors (Lipinski definition) is 6. The van der Waals surface area contributed by atoms with Gasteiger partial charge >= 0.3 is 13.8 Å². The summed E-state index contributed by atoms with van der Waals surface area (Å²) in [6, 6.07) is -0.850. The van der Waals surface area contributed by atoms with Crippen LogP contribution in [0.5, 0.6) is 0 Å². The molecule has 0 saturated carbocycles. The molecule has 0 aliphatic heterocycles. The van der Waals surface area contributed by atoms with E-state index in [2.05, 4.69) is 74.7 Å². The molecule has 0 spiro atoms. The van der Waals surface area contributed by atoms with Crippen molar-refractivity contribution in [1.82, 2.24) is 5.32 Å². The summed E-state index contributed by atoms with van der Waals surface area (Å²) in [5, 5.41) is 3.07. The summed E-state index contributed by atoms with van der Waals surface area (Å²) in [6.07, 6.45) is 80.9. The first-order valence-corrected chi connectivity index (χ1v) is 37.1. The van der Waals surface area contributed by atoms with Gasteiger partial charge in [-0.25, -0.2) is 4.57 Å². The van der Waals surface area contributed by atoms with Gasteiger partial charge < -0.3 is 19.4 Å². The zero-order chi connectivity index (χ0) is 60.7. The lowest BCUT2D eigenvalue weighted by molar-refractivity contribution is -0.870. The van der Waals surface area contributed by atoms with Gasteiger partial charge in [0.1, 0.15) is 19.3 Å². The second-order valence-corrected chi connectivity index (χ2v) is 26.9. The van der Waals surface area contributed by atoms with Crippen LogP contribution in [0.25, 0.3) is 0 Å². The van der Waals surface area contributed by atoms with E-state index in [0.29, 0.717) is 23.9 Å². The summed E-state index contributed by atoms with van der Waals surface area (Å²) >= 11 is 0. The van der Waals surface area contributed by atoms with Gasteiger partial charge in [0.25, 0.3) is 0 Å². The maximum Gasteiger partial charge on any atom is 0.472 e. The summed E-state index contributed by atoms with van der Waals surface area (Å²) in [6.45, 7) is 7.01. The van der Waals surface area contributed by atoms with Crippen LogP contribution in [0.2, 0.25) is 0 Å². The molecule has 0 bridgehead atoms. The van der Waals surface area contributed by atoms with Crippen LogP contribution in [-0.2, 0) is 27.9 Å². The Labute approximate surface area is 515 Å². The number of rotatable bonds is 65. The Bertz CT molecular complexity index is 1600. The molecule has 9 nitrogen and oxygen atoms in total. The largest absolute Gasteiger partial charge is 0.472 e. The topological polar surface area (TPSA) is 111 Å². The molecular weight excluding hydrogens is 1050 g/mol. The van der Waals surface area contributed by atoms with Gasteiger partial charge in [0.05, 0.1) is 33.8 Å². The highest BCUT2D eigenvalue weighted by molar-refractivity contribution is 7.47. The average Bonchev–Trinajstić information content (AvgIpc) is 3.51. The van der Waals surface area contributed by atoms with Crippen molar-refractivity contribution in [3.05, 3.63) is 60.8 Å². The Kier molecular flexibility index (Phi) is 61.0. The predicted molar refractivity (Wildman–Crippen MR) is 360 cm³/mol. The number of phosphoric acid groups is 1. The summed E-state index contributed by atoms with van der Waals surface area (Å²) in [7, 11) is 1.50. The summed E-state index contributed by atoms with van der Waals surface area (Å²) in [4.78, 5) is 37.9. The molecule has 0 aromatic rings. The number of amides is 1. The van der Waals surface area contributed by atoms with Crippen LogP contribution in [0.4, 0.5) is 0 Å². The second-order valence-electron chi connectivity index (χ2n) is 25.4.